The number of nitrogens with zero attached hydrogens (tertiary/aromatic N) is 4. The van der Waals surface area contributed by atoms with E-state index in [9.17, 15) is 0 Å². The van der Waals surface area contributed by atoms with Crippen molar-refractivity contribution in [3.05, 3.63) is 37.7 Å². The van der Waals surface area contributed by atoms with Crippen molar-refractivity contribution >= 4 is 0 Å². The highest BCUT2D eigenvalue weighted by atomic mass is 15.2. The van der Waals surface area contributed by atoms with Crippen molar-refractivity contribution in [1.82, 2.24) is 19.1 Å². The highest BCUT2D eigenvalue weighted by molar-refractivity contribution is 5.15. The van der Waals surface area contributed by atoms with Gasteiger partial charge in [0.2, 0.25) is 5.95 Å². The topological polar surface area (TPSA) is 35.6 Å². The maximum atomic E-state index is 4.29. The summed E-state index contributed by atoms with van der Waals surface area (Å²) in [6.45, 7) is 6.54. The van der Waals surface area contributed by atoms with Gasteiger partial charge < -0.3 is 4.57 Å². The first-order valence-corrected chi connectivity index (χ1v) is 5.12. The lowest BCUT2D eigenvalue weighted by Crippen LogP contribution is -2.05. The number of aromatic nitrogens is 4. The zero-order chi connectivity index (χ0) is 10.7. The lowest BCUT2D eigenvalue weighted by molar-refractivity contribution is 0.606. The van der Waals surface area contributed by atoms with E-state index in [0.29, 0.717) is 5.92 Å². The minimum Gasteiger partial charge on any atom is -0.312 e. The summed E-state index contributed by atoms with van der Waals surface area (Å²) in [6.07, 6.45) is 10.2. The predicted molar refractivity (Wildman–Crippen MR) is 58.5 cm³/mol. The van der Waals surface area contributed by atoms with Crippen LogP contribution in [0.2, 0.25) is 0 Å². The normalized spacial score (nSPS) is 11.1. The molecule has 4 nitrogen and oxygen atoms in total. The third-order valence-corrected chi connectivity index (χ3v) is 2.16. The minimum atomic E-state index is 0.656. The molecule has 0 amide bonds. The van der Waals surface area contributed by atoms with Crippen molar-refractivity contribution < 1.29 is 0 Å². The molecule has 79 valence electrons. The van der Waals surface area contributed by atoms with E-state index in [4.69, 9.17) is 0 Å². The maximum absolute atomic E-state index is 4.29. The van der Waals surface area contributed by atoms with Gasteiger partial charge in [0.15, 0.2) is 0 Å². The molecule has 0 N–H and O–H groups in total. The van der Waals surface area contributed by atoms with Crippen molar-refractivity contribution in [2.75, 3.05) is 0 Å². The molecule has 2 aromatic rings. The number of imidazole rings is 2. The van der Waals surface area contributed by atoms with Crippen LogP contribution in [0.3, 0.4) is 0 Å². The van der Waals surface area contributed by atoms with E-state index in [0.717, 1.165) is 12.4 Å². The van der Waals surface area contributed by atoms with E-state index in [1.165, 1.54) is 0 Å². The van der Waals surface area contributed by atoms with Crippen molar-refractivity contribution in [3.8, 4) is 5.95 Å². The maximum Gasteiger partial charge on any atom is 0.215 e. The van der Waals surface area contributed by atoms with Gasteiger partial charge in [-0.1, -0.05) is 13.8 Å². The van der Waals surface area contributed by atoms with Gasteiger partial charge >= 0.3 is 0 Å². The van der Waals surface area contributed by atoms with Crippen molar-refractivity contribution in [3.63, 3.8) is 0 Å². The van der Waals surface area contributed by atoms with Gasteiger partial charge in [0, 0.05) is 24.8 Å². The van der Waals surface area contributed by atoms with Crippen LogP contribution < -0.4 is 0 Å². The van der Waals surface area contributed by atoms with E-state index < -0.39 is 0 Å². The molecule has 2 rings (SSSR count). The Labute approximate surface area is 89.6 Å². The van der Waals surface area contributed by atoms with Gasteiger partial charge in [-0.05, 0) is 12.3 Å². The standard InChI is InChI=1S/C11H15N4/c1-10(2)3-6-14-8-5-13-11(14)15-7-4-12-9-15/h4-10H,3H2,1-2H3. The van der Waals surface area contributed by atoms with Crippen molar-refractivity contribution in [2.45, 2.75) is 20.3 Å². The predicted octanol–water partition coefficient (Wildman–Crippen LogP) is 2.12. The fraction of sp³-hybridized carbons (Fsp3) is 0.364. The zero-order valence-corrected chi connectivity index (χ0v) is 9.04. The van der Waals surface area contributed by atoms with Crippen LogP contribution in [0.15, 0.2) is 31.1 Å². The van der Waals surface area contributed by atoms with E-state index >= 15 is 0 Å². The fourth-order valence-electron chi connectivity index (χ4n) is 1.35. The largest absolute Gasteiger partial charge is 0.312 e. The number of rotatable bonds is 4. The molecule has 0 aliphatic rings. The van der Waals surface area contributed by atoms with Crippen LogP contribution in [-0.4, -0.2) is 19.1 Å². The molecule has 0 spiro atoms. The third kappa shape index (κ3) is 2.26. The smallest absolute Gasteiger partial charge is 0.215 e. The SMILES string of the molecule is CC(C)C[CH]n1ccnc1-n1ccnc1. The molecule has 0 saturated heterocycles. The molecule has 2 aromatic heterocycles. The molecule has 0 aromatic carbocycles. The fourth-order valence-corrected chi connectivity index (χ4v) is 1.35. The summed E-state index contributed by atoms with van der Waals surface area (Å²) in [5.41, 5.74) is 0. The second kappa shape index (κ2) is 4.29. The lowest BCUT2D eigenvalue weighted by Gasteiger charge is -2.08. The van der Waals surface area contributed by atoms with Gasteiger partial charge in [0.1, 0.15) is 6.33 Å². The lowest BCUT2D eigenvalue weighted by atomic mass is 10.1. The molecule has 1 radical (unpaired) electrons. The number of hydrogen-bond acceptors (Lipinski definition) is 2. The molecule has 0 aliphatic carbocycles. The van der Waals surface area contributed by atoms with E-state index in [1.54, 1.807) is 18.7 Å². The zero-order valence-electron chi connectivity index (χ0n) is 9.04. The molecule has 0 aliphatic heterocycles. The van der Waals surface area contributed by atoms with E-state index in [2.05, 4.69) is 30.4 Å². The summed E-state index contributed by atoms with van der Waals surface area (Å²) in [7, 11) is 0. The average molecular weight is 203 g/mol. The summed E-state index contributed by atoms with van der Waals surface area (Å²) >= 11 is 0. The van der Waals surface area contributed by atoms with Gasteiger partial charge in [-0.15, -0.1) is 0 Å². The Hall–Kier alpha value is -1.58. The summed E-state index contributed by atoms with van der Waals surface area (Å²) in [5, 5.41) is 0. The monoisotopic (exact) mass is 203 g/mol. The van der Waals surface area contributed by atoms with Gasteiger partial charge in [-0.3, -0.25) is 4.57 Å². The Morgan fingerprint density at radius 2 is 2.20 bits per heavy atom. The Morgan fingerprint density at radius 1 is 1.33 bits per heavy atom. The van der Waals surface area contributed by atoms with Crippen LogP contribution in [0.5, 0.6) is 0 Å². The van der Waals surface area contributed by atoms with Crippen LogP contribution in [0.25, 0.3) is 5.95 Å². The van der Waals surface area contributed by atoms with Gasteiger partial charge in [0.25, 0.3) is 0 Å². The van der Waals surface area contributed by atoms with Crippen molar-refractivity contribution in [1.29, 1.82) is 0 Å². The second-order valence-electron chi connectivity index (χ2n) is 3.92. The summed E-state index contributed by atoms with van der Waals surface area (Å²) in [6, 6.07) is 0. The van der Waals surface area contributed by atoms with Crippen LogP contribution >= 0.6 is 0 Å². The minimum absolute atomic E-state index is 0.656. The van der Waals surface area contributed by atoms with Crippen molar-refractivity contribution in [2.24, 2.45) is 5.92 Å². The molecule has 2 heterocycles. The summed E-state index contributed by atoms with van der Waals surface area (Å²) in [4.78, 5) is 8.30. The van der Waals surface area contributed by atoms with Gasteiger partial charge in [0.05, 0.1) is 6.54 Å². The second-order valence-corrected chi connectivity index (χ2v) is 3.92. The molecule has 4 heteroatoms. The molecule has 0 atom stereocenters. The quantitative estimate of drug-likeness (QED) is 0.763. The first-order valence-electron chi connectivity index (χ1n) is 5.12. The third-order valence-electron chi connectivity index (χ3n) is 2.16. The Balaban J connectivity index is 2.16. The molecule has 0 bridgehead atoms. The summed E-state index contributed by atoms with van der Waals surface area (Å²) < 4.78 is 3.93. The average Bonchev–Trinajstić information content (AvgIpc) is 2.85. The van der Waals surface area contributed by atoms with Crippen LogP contribution in [0.4, 0.5) is 0 Å². The Bertz CT molecular complexity index is 400. The molecule has 0 unspecified atom stereocenters. The Morgan fingerprint density at radius 3 is 2.87 bits per heavy atom. The highest BCUT2D eigenvalue weighted by Crippen LogP contribution is 2.10. The highest BCUT2D eigenvalue weighted by Gasteiger charge is 2.05. The molecular weight excluding hydrogens is 188 g/mol. The van der Waals surface area contributed by atoms with Crippen LogP contribution in [0, 0.1) is 12.5 Å². The molecule has 15 heavy (non-hydrogen) atoms. The van der Waals surface area contributed by atoms with Gasteiger partial charge in [-0.25, -0.2) is 9.97 Å². The molecule has 0 fully saturated rings. The van der Waals surface area contributed by atoms with Crippen LogP contribution in [-0.2, 0) is 0 Å². The van der Waals surface area contributed by atoms with Gasteiger partial charge in [-0.2, -0.15) is 0 Å². The molecular formula is C11H15N4. The van der Waals surface area contributed by atoms with Crippen LogP contribution in [0.1, 0.15) is 20.3 Å². The number of hydrogen-bond donors (Lipinski definition) is 0. The molecule has 0 saturated carbocycles. The first-order chi connectivity index (χ1) is 7.27. The van der Waals surface area contributed by atoms with E-state index in [-0.39, 0.29) is 0 Å². The first kappa shape index (κ1) is 9.96. The van der Waals surface area contributed by atoms with E-state index in [1.807, 2.05) is 21.5 Å². The summed E-state index contributed by atoms with van der Waals surface area (Å²) in [5.74, 6) is 1.54. The Kier molecular flexibility index (Phi) is 2.85.